The van der Waals surface area contributed by atoms with E-state index in [1.54, 1.807) is 24.3 Å². The molecule has 5 heteroatoms. The summed E-state index contributed by atoms with van der Waals surface area (Å²) in [6.45, 7) is 5.64. The molecule has 0 aromatic heterocycles. The predicted octanol–water partition coefficient (Wildman–Crippen LogP) is 3.35. The normalized spacial score (nSPS) is 11.5. The molecule has 2 aromatic rings. The lowest BCUT2D eigenvalue weighted by atomic mass is 10.0. The van der Waals surface area contributed by atoms with Gasteiger partial charge >= 0.3 is 5.97 Å². The van der Waals surface area contributed by atoms with Crippen molar-refractivity contribution in [3.8, 4) is 5.75 Å². The van der Waals surface area contributed by atoms with E-state index in [1.807, 2.05) is 39.0 Å². The van der Waals surface area contributed by atoms with Gasteiger partial charge in [0, 0.05) is 0 Å². The number of carbonyl (C=O) groups is 2. The molecule has 2 rings (SSSR count). The van der Waals surface area contributed by atoms with Crippen LogP contribution in [0.1, 0.15) is 40.0 Å². The predicted molar refractivity (Wildman–Crippen MR) is 95.8 cm³/mol. The molecule has 0 aliphatic rings. The van der Waals surface area contributed by atoms with E-state index in [4.69, 9.17) is 9.47 Å². The van der Waals surface area contributed by atoms with Crippen molar-refractivity contribution in [1.29, 1.82) is 0 Å². The Kier molecular flexibility index (Phi) is 6.17. The SMILES string of the molecule is COc1cccc(C(=O)OCC(=O)N[C@@H](C)c2ccc(C)c(C)c2)c1. The van der Waals surface area contributed by atoms with Crippen molar-refractivity contribution in [2.24, 2.45) is 0 Å². The number of aryl methyl sites for hydroxylation is 2. The quantitative estimate of drug-likeness (QED) is 0.819. The largest absolute Gasteiger partial charge is 0.497 e. The van der Waals surface area contributed by atoms with Gasteiger partial charge in [-0.1, -0.05) is 24.3 Å². The van der Waals surface area contributed by atoms with Crippen LogP contribution >= 0.6 is 0 Å². The van der Waals surface area contributed by atoms with Gasteiger partial charge in [0.1, 0.15) is 5.75 Å². The number of hydrogen-bond donors (Lipinski definition) is 1. The number of amides is 1. The van der Waals surface area contributed by atoms with Gasteiger partial charge in [0.2, 0.25) is 0 Å². The summed E-state index contributed by atoms with van der Waals surface area (Å²) in [6, 6.07) is 12.5. The molecule has 2 aromatic carbocycles. The summed E-state index contributed by atoms with van der Waals surface area (Å²) in [5.74, 6) is -0.350. The smallest absolute Gasteiger partial charge is 0.338 e. The zero-order valence-electron chi connectivity index (χ0n) is 15.0. The molecule has 0 radical (unpaired) electrons. The zero-order chi connectivity index (χ0) is 18.4. The van der Waals surface area contributed by atoms with Gasteiger partial charge in [0.15, 0.2) is 6.61 Å². The molecule has 0 fully saturated rings. The number of nitrogens with one attached hydrogen (secondary N) is 1. The van der Waals surface area contributed by atoms with E-state index in [0.29, 0.717) is 11.3 Å². The topological polar surface area (TPSA) is 64.6 Å². The van der Waals surface area contributed by atoms with Crippen LogP contribution in [0.3, 0.4) is 0 Å². The van der Waals surface area contributed by atoms with Crippen LogP contribution in [0.5, 0.6) is 5.75 Å². The lowest BCUT2D eigenvalue weighted by Gasteiger charge is -2.16. The number of ether oxygens (including phenoxy) is 2. The second-order valence-corrected chi connectivity index (χ2v) is 5.94. The lowest BCUT2D eigenvalue weighted by Crippen LogP contribution is -2.31. The molecule has 1 N–H and O–H groups in total. The molecule has 25 heavy (non-hydrogen) atoms. The third-order valence-electron chi connectivity index (χ3n) is 4.05. The molecular weight excluding hydrogens is 318 g/mol. The Hall–Kier alpha value is -2.82. The van der Waals surface area contributed by atoms with Crippen LogP contribution in [0.15, 0.2) is 42.5 Å². The summed E-state index contributed by atoms with van der Waals surface area (Å²) in [4.78, 5) is 24.0. The van der Waals surface area contributed by atoms with Crippen LogP contribution in [0.25, 0.3) is 0 Å². The Morgan fingerprint density at radius 2 is 1.84 bits per heavy atom. The highest BCUT2D eigenvalue weighted by Gasteiger charge is 2.14. The maximum Gasteiger partial charge on any atom is 0.338 e. The first kappa shape index (κ1) is 18.5. The Bertz CT molecular complexity index is 770. The van der Waals surface area contributed by atoms with Crippen molar-refractivity contribution in [2.75, 3.05) is 13.7 Å². The molecule has 0 spiro atoms. The number of hydrogen-bond acceptors (Lipinski definition) is 4. The summed E-state index contributed by atoms with van der Waals surface area (Å²) in [7, 11) is 1.52. The van der Waals surface area contributed by atoms with E-state index in [0.717, 1.165) is 5.56 Å². The molecule has 0 aliphatic heterocycles. The monoisotopic (exact) mass is 341 g/mol. The van der Waals surface area contributed by atoms with Crippen molar-refractivity contribution in [3.63, 3.8) is 0 Å². The zero-order valence-corrected chi connectivity index (χ0v) is 15.0. The molecule has 0 saturated heterocycles. The Morgan fingerprint density at radius 3 is 2.52 bits per heavy atom. The highest BCUT2D eigenvalue weighted by atomic mass is 16.5. The first-order chi connectivity index (χ1) is 11.9. The van der Waals surface area contributed by atoms with E-state index >= 15 is 0 Å². The molecule has 0 bridgehead atoms. The fraction of sp³-hybridized carbons (Fsp3) is 0.300. The first-order valence-electron chi connectivity index (χ1n) is 8.08. The second kappa shape index (κ2) is 8.33. The second-order valence-electron chi connectivity index (χ2n) is 5.94. The van der Waals surface area contributed by atoms with E-state index < -0.39 is 5.97 Å². The number of methoxy groups -OCH3 is 1. The van der Waals surface area contributed by atoms with Crippen molar-refractivity contribution < 1.29 is 19.1 Å². The molecule has 0 unspecified atom stereocenters. The minimum absolute atomic E-state index is 0.165. The Morgan fingerprint density at radius 1 is 1.08 bits per heavy atom. The maximum absolute atomic E-state index is 12.0. The Balaban J connectivity index is 1.89. The average molecular weight is 341 g/mol. The number of carbonyl (C=O) groups excluding carboxylic acids is 2. The summed E-state index contributed by atoms with van der Waals surface area (Å²) in [5.41, 5.74) is 3.72. The van der Waals surface area contributed by atoms with Gasteiger partial charge in [0.25, 0.3) is 5.91 Å². The van der Waals surface area contributed by atoms with Crippen LogP contribution < -0.4 is 10.1 Å². The molecule has 1 atom stereocenters. The number of rotatable bonds is 6. The van der Waals surface area contributed by atoms with Crippen molar-refractivity contribution in [2.45, 2.75) is 26.8 Å². The molecule has 0 saturated carbocycles. The number of esters is 1. The Labute approximate surface area is 148 Å². The van der Waals surface area contributed by atoms with Crippen LogP contribution in [-0.2, 0) is 9.53 Å². The highest BCUT2D eigenvalue weighted by molar-refractivity contribution is 5.91. The van der Waals surface area contributed by atoms with E-state index in [2.05, 4.69) is 5.32 Å². The summed E-state index contributed by atoms with van der Waals surface area (Å²) >= 11 is 0. The van der Waals surface area contributed by atoms with Crippen LogP contribution in [0, 0.1) is 13.8 Å². The fourth-order valence-electron chi connectivity index (χ4n) is 2.36. The van der Waals surface area contributed by atoms with Gasteiger partial charge in [-0.25, -0.2) is 4.79 Å². The fourth-order valence-corrected chi connectivity index (χ4v) is 2.36. The van der Waals surface area contributed by atoms with Gasteiger partial charge in [-0.3, -0.25) is 4.79 Å². The van der Waals surface area contributed by atoms with E-state index in [9.17, 15) is 9.59 Å². The standard InChI is InChI=1S/C20H23NO4/c1-13-8-9-16(10-14(13)2)15(3)21-19(22)12-25-20(23)17-6-5-7-18(11-17)24-4/h5-11,15H,12H2,1-4H3,(H,21,22)/t15-/m0/s1. The van der Waals surface area contributed by atoms with Gasteiger partial charge in [-0.2, -0.15) is 0 Å². The third-order valence-corrected chi connectivity index (χ3v) is 4.05. The van der Waals surface area contributed by atoms with Gasteiger partial charge in [-0.15, -0.1) is 0 Å². The minimum Gasteiger partial charge on any atom is -0.497 e. The number of benzene rings is 2. The van der Waals surface area contributed by atoms with Crippen molar-refractivity contribution >= 4 is 11.9 Å². The van der Waals surface area contributed by atoms with E-state index in [1.165, 1.54) is 18.2 Å². The van der Waals surface area contributed by atoms with Crippen LogP contribution in [0.2, 0.25) is 0 Å². The van der Waals surface area contributed by atoms with E-state index in [-0.39, 0.29) is 18.6 Å². The minimum atomic E-state index is -0.562. The molecule has 5 nitrogen and oxygen atoms in total. The first-order valence-corrected chi connectivity index (χ1v) is 8.08. The van der Waals surface area contributed by atoms with Crippen LogP contribution in [-0.4, -0.2) is 25.6 Å². The maximum atomic E-state index is 12.0. The average Bonchev–Trinajstić information content (AvgIpc) is 2.61. The van der Waals surface area contributed by atoms with Gasteiger partial charge in [-0.05, 0) is 55.7 Å². The molecule has 132 valence electrons. The van der Waals surface area contributed by atoms with Gasteiger partial charge in [0.05, 0.1) is 18.7 Å². The summed E-state index contributed by atoms with van der Waals surface area (Å²) < 4.78 is 10.1. The lowest BCUT2D eigenvalue weighted by molar-refractivity contribution is -0.124. The molecule has 1 amide bonds. The van der Waals surface area contributed by atoms with Crippen LogP contribution in [0.4, 0.5) is 0 Å². The molecular formula is C20H23NO4. The molecule has 0 heterocycles. The van der Waals surface area contributed by atoms with Gasteiger partial charge < -0.3 is 14.8 Å². The third kappa shape index (κ3) is 5.08. The molecule has 0 aliphatic carbocycles. The van der Waals surface area contributed by atoms with Crippen molar-refractivity contribution in [3.05, 3.63) is 64.7 Å². The summed E-state index contributed by atoms with van der Waals surface area (Å²) in [5, 5.41) is 2.83. The summed E-state index contributed by atoms with van der Waals surface area (Å²) in [6.07, 6.45) is 0. The highest BCUT2D eigenvalue weighted by Crippen LogP contribution is 2.17. The van der Waals surface area contributed by atoms with Crippen molar-refractivity contribution in [1.82, 2.24) is 5.32 Å².